The van der Waals surface area contributed by atoms with Crippen molar-refractivity contribution in [2.24, 2.45) is 0 Å². The van der Waals surface area contributed by atoms with Crippen molar-refractivity contribution < 1.29 is 5.11 Å². The fourth-order valence-electron chi connectivity index (χ4n) is 1.54. The summed E-state index contributed by atoms with van der Waals surface area (Å²) in [4.78, 5) is 0. The molecule has 1 rings (SSSR count). The zero-order valence-electron chi connectivity index (χ0n) is 9.26. The van der Waals surface area contributed by atoms with Crippen molar-refractivity contribution >= 4 is 11.6 Å². The van der Waals surface area contributed by atoms with Crippen LogP contribution in [0.2, 0.25) is 5.02 Å². The lowest BCUT2D eigenvalue weighted by Crippen LogP contribution is -2.39. The van der Waals surface area contributed by atoms with Gasteiger partial charge in [0.25, 0.3) is 0 Å². The van der Waals surface area contributed by atoms with Gasteiger partial charge in [0.2, 0.25) is 0 Å². The molecule has 84 valence electrons. The summed E-state index contributed by atoms with van der Waals surface area (Å²) in [6.07, 6.45) is 0.612. The SMILES string of the molecule is CCNCC(C)(O)Cc1cccc(Cl)c1. The van der Waals surface area contributed by atoms with Gasteiger partial charge in [0.05, 0.1) is 5.60 Å². The van der Waals surface area contributed by atoms with Crippen molar-refractivity contribution in [1.29, 1.82) is 0 Å². The van der Waals surface area contributed by atoms with Crippen LogP contribution in [0.15, 0.2) is 24.3 Å². The topological polar surface area (TPSA) is 32.3 Å². The predicted molar refractivity (Wildman–Crippen MR) is 64.3 cm³/mol. The van der Waals surface area contributed by atoms with E-state index in [0.29, 0.717) is 18.0 Å². The average molecular weight is 228 g/mol. The van der Waals surface area contributed by atoms with Crippen molar-refractivity contribution in [2.75, 3.05) is 13.1 Å². The first-order valence-electron chi connectivity index (χ1n) is 5.21. The summed E-state index contributed by atoms with van der Waals surface area (Å²) >= 11 is 5.88. The summed E-state index contributed by atoms with van der Waals surface area (Å²) in [5.74, 6) is 0. The van der Waals surface area contributed by atoms with Crippen molar-refractivity contribution in [1.82, 2.24) is 5.32 Å². The number of hydrogen-bond donors (Lipinski definition) is 2. The largest absolute Gasteiger partial charge is 0.389 e. The molecule has 0 bridgehead atoms. The molecule has 2 N–H and O–H groups in total. The molecule has 0 heterocycles. The molecule has 3 heteroatoms. The van der Waals surface area contributed by atoms with E-state index >= 15 is 0 Å². The highest BCUT2D eigenvalue weighted by atomic mass is 35.5. The minimum atomic E-state index is -0.722. The zero-order chi connectivity index (χ0) is 11.3. The van der Waals surface area contributed by atoms with Gasteiger partial charge < -0.3 is 10.4 Å². The van der Waals surface area contributed by atoms with Crippen LogP contribution in [0, 0.1) is 0 Å². The maximum absolute atomic E-state index is 10.1. The Kier molecular flexibility index (Phi) is 4.58. The average Bonchev–Trinajstić information content (AvgIpc) is 2.14. The molecule has 0 aliphatic rings. The number of halogens is 1. The molecule has 0 aromatic heterocycles. The summed E-state index contributed by atoms with van der Waals surface area (Å²) < 4.78 is 0. The second kappa shape index (κ2) is 5.50. The standard InChI is InChI=1S/C12H18ClNO/c1-3-14-9-12(2,15)8-10-5-4-6-11(13)7-10/h4-7,14-15H,3,8-9H2,1-2H3. The van der Waals surface area contributed by atoms with E-state index in [2.05, 4.69) is 5.32 Å². The maximum atomic E-state index is 10.1. The fraction of sp³-hybridized carbons (Fsp3) is 0.500. The zero-order valence-corrected chi connectivity index (χ0v) is 10.0. The van der Waals surface area contributed by atoms with Gasteiger partial charge in [-0.25, -0.2) is 0 Å². The number of likely N-dealkylation sites (N-methyl/N-ethyl adjacent to an activating group) is 1. The van der Waals surface area contributed by atoms with Crippen LogP contribution in [0.3, 0.4) is 0 Å². The Morgan fingerprint density at radius 2 is 2.20 bits per heavy atom. The Hall–Kier alpha value is -0.570. The summed E-state index contributed by atoms with van der Waals surface area (Å²) in [7, 11) is 0. The van der Waals surface area contributed by atoms with E-state index < -0.39 is 5.60 Å². The molecule has 0 saturated carbocycles. The van der Waals surface area contributed by atoms with Crippen LogP contribution in [0.1, 0.15) is 19.4 Å². The number of aliphatic hydroxyl groups is 1. The molecule has 0 radical (unpaired) electrons. The van der Waals surface area contributed by atoms with Gasteiger partial charge in [0.1, 0.15) is 0 Å². The van der Waals surface area contributed by atoms with Gasteiger partial charge in [-0.15, -0.1) is 0 Å². The highest BCUT2D eigenvalue weighted by Gasteiger charge is 2.19. The van der Waals surface area contributed by atoms with Crippen LogP contribution in [0.4, 0.5) is 0 Å². The van der Waals surface area contributed by atoms with Crippen molar-refractivity contribution in [3.63, 3.8) is 0 Å². The van der Waals surface area contributed by atoms with Crippen LogP contribution in [0.25, 0.3) is 0 Å². The Labute approximate surface area is 96.3 Å². The molecule has 0 aliphatic heterocycles. The fourth-order valence-corrected chi connectivity index (χ4v) is 1.76. The molecule has 0 fully saturated rings. The maximum Gasteiger partial charge on any atom is 0.0783 e. The van der Waals surface area contributed by atoms with Crippen LogP contribution in [-0.4, -0.2) is 23.8 Å². The van der Waals surface area contributed by atoms with Crippen molar-refractivity contribution in [3.8, 4) is 0 Å². The predicted octanol–water partition coefficient (Wildman–Crippen LogP) is 2.24. The first-order chi connectivity index (χ1) is 7.03. The van der Waals surface area contributed by atoms with Gasteiger partial charge in [-0.3, -0.25) is 0 Å². The quantitative estimate of drug-likeness (QED) is 0.809. The van der Waals surface area contributed by atoms with Crippen LogP contribution in [-0.2, 0) is 6.42 Å². The lowest BCUT2D eigenvalue weighted by atomic mass is 9.96. The van der Waals surface area contributed by atoms with Gasteiger partial charge in [-0.05, 0) is 31.2 Å². The van der Waals surface area contributed by atoms with Crippen LogP contribution >= 0.6 is 11.6 Å². The third-order valence-electron chi connectivity index (χ3n) is 2.23. The van der Waals surface area contributed by atoms with Crippen molar-refractivity contribution in [3.05, 3.63) is 34.9 Å². The molecule has 2 nitrogen and oxygen atoms in total. The number of nitrogens with one attached hydrogen (secondary N) is 1. The summed E-state index contributed by atoms with van der Waals surface area (Å²) in [6.45, 7) is 5.31. The molecule has 0 saturated heterocycles. The highest BCUT2D eigenvalue weighted by Crippen LogP contribution is 2.16. The normalized spacial score (nSPS) is 14.9. The summed E-state index contributed by atoms with van der Waals surface area (Å²) in [5.41, 5.74) is 0.339. The molecular formula is C12H18ClNO. The number of benzene rings is 1. The molecule has 15 heavy (non-hydrogen) atoms. The van der Waals surface area contributed by atoms with E-state index in [1.54, 1.807) is 0 Å². The smallest absolute Gasteiger partial charge is 0.0783 e. The third-order valence-corrected chi connectivity index (χ3v) is 2.46. The van der Waals surface area contributed by atoms with E-state index in [9.17, 15) is 5.11 Å². The molecule has 1 aromatic carbocycles. The van der Waals surface area contributed by atoms with Gasteiger partial charge in [0.15, 0.2) is 0 Å². The lowest BCUT2D eigenvalue weighted by molar-refractivity contribution is 0.0607. The molecule has 1 aromatic rings. The monoisotopic (exact) mass is 227 g/mol. The van der Waals surface area contributed by atoms with Crippen LogP contribution < -0.4 is 5.32 Å². The molecule has 0 spiro atoms. The van der Waals surface area contributed by atoms with Gasteiger partial charge in [0, 0.05) is 18.0 Å². The first-order valence-corrected chi connectivity index (χ1v) is 5.59. The van der Waals surface area contributed by atoms with E-state index in [0.717, 1.165) is 12.1 Å². The van der Waals surface area contributed by atoms with Gasteiger partial charge in [-0.2, -0.15) is 0 Å². The second-order valence-electron chi connectivity index (χ2n) is 4.08. The van der Waals surface area contributed by atoms with Crippen molar-refractivity contribution in [2.45, 2.75) is 25.9 Å². The molecule has 1 atom stereocenters. The van der Waals surface area contributed by atoms with E-state index in [4.69, 9.17) is 11.6 Å². The lowest BCUT2D eigenvalue weighted by Gasteiger charge is -2.23. The molecule has 0 aliphatic carbocycles. The van der Waals surface area contributed by atoms with Gasteiger partial charge in [-0.1, -0.05) is 30.7 Å². The van der Waals surface area contributed by atoms with E-state index in [-0.39, 0.29) is 0 Å². The van der Waals surface area contributed by atoms with E-state index in [1.807, 2.05) is 38.1 Å². The summed E-state index contributed by atoms with van der Waals surface area (Å²) in [5, 5.41) is 13.9. The third kappa shape index (κ3) is 4.65. The molecule has 1 unspecified atom stereocenters. The highest BCUT2D eigenvalue weighted by molar-refractivity contribution is 6.30. The Bertz CT molecular complexity index is 312. The minimum Gasteiger partial charge on any atom is -0.389 e. The van der Waals surface area contributed by atoms with E-state index in [1.165, 1.54) is 0 Å². The number of rotatable bonds is 5. The Morgan fingerprint density at radius 1 is 1.47 bits per heavy atom. The first kappa shape index (κ1) is 12.5. The Morgan fingerprint density at radius 3 is 2.80 bits per heavy atom. The molecule has 0 amide bonds. The minimum absolute atomic E-state index is 0.593. The van der Waals surface area contributed by atoms with Crippen LogP contribution in [0.5, 0.6) is 0 Å². The number of hydrogen-bond acceptors (Lipinski definition) is 2. The van der Waals surface area contributed by atoms with Gasteiger partial charge >= 0.3 is 0 Å². The molecular weight excluding hydrogens is 210 g/mol. The second-order valence-corrected chi connectivity index (χ2v) is 4.52. The summed E-state index contributed by atoms with van der Waals surface area (Å²) in [6, 6.07) is 7.61. The Balaban J connectivity index is 2.60.